The van der Waals surface area contributed by atoms with Crippen molar-refractivity contribution in [3.05, 3.63) is 0 Å². The minimum Gasteiger partial charge on any atom is -0.394 e. The highest BCUT2D eigenvalue weighted by Gasteiger charge is 2.27. The number of amides is 1. The van der Waals surface area contributed by atoms with Gasteiger partial charge in [0.1, 0.15) is 0 Å². The molecule has 0 aliphatic rings. The minimum absolute atomic E-state index is 0.00132. The zero-order valence-electron chi connectivity index (χ0n) is 11.0. The molecule has 0 fully saturated rings. The zero-order chi connectivity index (χ0) is 12.6. The van der Waals surface area contributed by atoms with Crippen molar-refractivity contribution in [3.8, 4) is 0 Å². The molecular formula is C12H26N2O2. The van der Waals surface area contributed by atoms with E-state index in [9.17, 15) is 9.90 Å². The fourth-order valence-electron chi connectivity index (χ4n) is 1.74. The number of rotatable bonds is 8. The number of aliphatic hydroxyl groups is 1. The SMILES string of the molecule is CCNC(C)CC(=O)NC(CC)(CC)CO. The largest absolute Gasteiger partial charge is 0.394 e. The molecule has 3 N–H and O–H groups in total. The molecule has 1 atom stereocenters. The lowest BCUT2D eigenvalue weighted by Gasteiger charge is -2.31. The Morgan fingerprint density at radius 1 is 1.31 bits per heavy atom. The molecule has 0 spiro atoms. The average molecular weight is 230 g/mol. The van der Waals surface area contributed by atoms with Crippen molar-refractivity contribution in [1.82, 2.24) is 10.6 Å². The molecule has 0 heterocycles. The summed E-state index contributed by atoms with van der Waals surface area (Å²) in [6, 6.07) is 0.176. The number of carbonyl (C=O) groups is 1. The molecule has 0 radical (unpaired) electrons. The number of hydrogen-bond acceptors (Lipinski definition) is 3. The van der Waals surface area contributed by atoms with Crippen LogP contribution in [0.1, 0.15) is 47.0 Å². The molecule has 0 aromatic heterocycles. The fraction of sp³-hybridized carbons (Fsp3) is 0.917. The van der Waals surface area contributed by atoms with Crippen molar-refractivity contribution in [2.75, 3.05) is 13.2 Å². The van der Waals surface area contributed by atoms with E-state index in [-0.39, 0.29) is 18.6 Å². The molecule has 16 heavy (non-hydrogen) atoms. The standard InChI is InChI=1S/C12H26N2O2/c1-5-12(6-2,9-15)14-11(16)8-10(4)13-7-3/h10,13,15H,5-9H2,1-4H3,(H,14,16). The molecule has 0 bridgehead atoms. The van der Waals surface area contributed by atoms with Gasteiger partial charge in [-0.2, -0.15) is 0 Å². The predicted octanol–water partition coefficient (Wildman–Crippen LogP) is 1.04. The van der Waals surface area contributed by atoms with Crippen molar-refractivity contribution in [1.29, 1.82) is 0 Å². The van der Waals surface area contributed by atoms with E-state index >= 15 is 0 Å². The van der Waals surface area contributed by atoms with Crippen molar-refractivity contribution in [2.45, 2.75) is 58.5 Å². The summed E-state index contributed by atoms with van der Waals surface area (Å²) >= 11 is 0. The van der Waals surface area contributed by atoms with E-state index in [0.717, 1.165) is 19.4 Å². The molecule has 0 aliphatic heterocycles. The molecule has 96 valence electrons. The molecule has 0 aromatic carbocycles. The first-order valence-electron chi connectivity index (χ1n) is 6.18. The van der Waals surface area contributed by atoms with Crippen LogP contribution in [0.5, 0.6) is 0 Å². The molecule has 0 saturated carbocycles. The molecule has 0 rings (SSSR count). The lowest BCUT2D eigenvalue weighted by Crippen LogP contribution is -2.51. The normalized spacial score (nSPS) is 13.6. The van der Waals surface area contributed by atoms with Crippen molar-refractivity contribution in [3.63, 3.8) is 0 Å². The van der Waals surface area contributed by atoms with Gasteiger partial charge in [0, 0.05) is 12.5 Å². The van der Waals surface area contributed by atoms with Crippen molar-refractivity contribution in [2.24, 2.45) is 0 Å². The minimum atomic E-state index is -0.441. The van der Waals surface area contributed by atoms with Gasteiger partial charge in [-0.15, -0.1) is 0 Å². The number of aliphatic hydroxyl groups excluding tert-OH is 1. The highest BCUT2D eigenvalue weighted by molar-refractivity contribution is 5.77. The second kappa shape index (κ2) is 7.63. The van der Waals surface area contributed by atoms with Crippen LogP contribution < -0.4 is 10.6 Å². The van der Waals surface area contributed by atoms with Crippen molar-refractivity contribution < 1.29 is 9.90 Å². The van der Waals surface area contributed by atoms with E-state index in [1.807, 2.05) is 27.7 Å². The van der Waals surface area contributed by atoms with Gasteiger partial charge in [0.05, 0.1) is 12.1 Å². The number of hydrogen-bond donors (Lipinski definition) is 3. The molecule has 0 aliphatic carbocycles. The van der Waals surface area contributed by atoms with Crippen LogP contribution in [0.2, 0.25) is 0 Å². The van der Waals surface area contributed by atoms with Crippen LogP contribution in [0.15, 0.2) is 0 Å². The highest BCUT2D eigenvalue weighted by Crippen LogP contribution is 2.14. The zero-order valence-corrected chi connectivity index (χ0v) is 11.0. The van der Waals surface area contributed by atoms with Crippen LogP contribution in [0.4, 0.5) is 0 Å². The topological polar surface area (TPSA) is 61.4 Å². The first-order chi connectivity index (χ1) is 7.53. The lowest BCUT2D eigenvalue weighted by molar-refractivity contribution is -0.124. The summed E-state index contributed by atoms with van der Waals surface area (Å²) in [6.45, 7) is 8.83. The lowest BCUT2D eigenvalue weighted by atomic mass is 9.93. The van der Waals surface area contributed by atoms with Gasteiger partial charge in [0.2, 0.25) is 5.91 Å². The van der Waals surface area contributed by atoms with Gasteiger partial charge in [-0.1, -0.05) is 20.8 Å². The maximum absolute atomic E-state index is 11.8. The Labute approximate surface area is 98.8 Å². The molecular weight excluding hydrogens is 204 g/mol. The van der Waals surface area contributed by atoms with E-state index in [2.05, 4.69) is 10.6 Å². The molecule has 0 aromatic rings. The molecule has 0 saturated heterocycles. The third kappa shape index (κ3) is 4.94. The maximum atomic E-state index is 11.8. The van der Waals surface area contributed by atoms with Crippen molar-refractivity contribution >= 4 is 5.91 Å². The van der Waals surface area contributed by atoms with Crippen LogP contribution in [0, 0.1) is 0 Å². The van der Waals surface area contributed by atoms with Crippen LogP contribution in [-0.4, -0.2) is 35.7 Å². The van der Waals surface area contributed by atoms with E-state index in [1.54, 1.807) is 0 Å². The Bertz CT molecular complexity index is 195. The first-order valence-corrected chi connectivity index (χ1v) is 6.18. The summed E-state index contributed by atoms with van der Waals surface area (Å²) in [7, 11) is 0. The molecule has 1 amide bonds. The monoisotopic (exact) mass is 230 g/mol. The maximum Gasteiger partial charge on any atom is 0.222 e. The van der Waals surface area contributed by atoms with E-state index in [4.69, 9.17) is 0 Å². The van der Waals surface area contributed by atoms with Crippen LogP contribution in [-0.2, 0) is 4.79 Å². The third-order valence-corrected chi connectivity index (χ3v) is 3.10. The van der Waals surface area contributed by atoms with E-state index in [0.29, 0.717) is 6.42 Å². The average Bonchev–Trinajstić information content (AvgIpc) is 2.26. The second-order valence-corrected chi connectivity index (χ2v) is 4.36. The smallest absolute Gasteiger partial charge is 0.222 e. The first kappa shape index (κ1) is 15.4. The van der Waals surface area contributed by atoms with Gasteiger partial charge in [-0.25, -0.2) is 0 Å². The van der Waals surface area contributed by atoms with Gasteiger partial charge >= 0.3 is 0 Å². The summed E-state index contributed by atoms with van der Waals surface area (Å²) in [5, 5.41) is 15.5. The Balaban J connectivity index is 4.20. The Hall–Kier alpha value is -0.610. The second-order valence-electron chi connectivity index (χ2n) is 4.36. The van der Waals surface area contributed by atoms with Gasteiger partial charge < -0.3 is 15.7 Å². The summed E-state index contributed by atoms with van der Waals surface area (Å²) in [4.78, 5) is 11.8. The van der Waals surface area contributed by atoms with Gasteiger partial charge in [0.15, 0.2) is 0 Å². The van der Waals surface area contributed by atoms with Gasteiger partial charge in [-0.3, -0.25) is 4.79 Å². The predicted molar refractivity (Wildman–Crippen MR) is 66.3 cm³/mol. The van der Waals surface area contributed by atoms with E-state index in [1.165, 1.54) is 0 Å². The van der Waals surface area contributed by atoms with Crippen LogP contribution >= 0.6 is 0 Å². The Morgan fingerprint density at radius 2 is 1.88 bits per heavy atom. The highest BCUT2D eigenvalue weighted by atomic mass is 16.3. The summed E-state index contributed by atoms with van der Waals surface area (Å²) < 4.78 is 0. The summed E-state index contributed by atoms with van der Waals surface area (Å²) in [5.41, 5.74) is -0.441. The number of carbonyl (C=O) groups excluding carboxylic acids is 1. The summed E-state index contributed by atoms with van der Waals surface area (Å²) in [6.07, 6.45) is 1.96. The van der Waals surface area contributed by atoms with Gasteiger partial charge in [0.25, 0.3) is 0 Å². The fourth-order valence-corrected chi connectivity index (χ4v) is 1.74. The number of nitrogens with one attached hydrogen (secondary N) is 2. The van der Waals surface area contributed by atoms with Gasteiger partial charge in [-0.05, 0) is 26.3 Å². The Kier molecular flexibility index (Phi) is 7.34. The third-order valence-electron chi connectivity index (χ3n) is 3.10. The van der Waals surface area contributed by atoms with Crippen LogP contribution in [0.25, 0.3) is 0 Å². The Morgan fingerprint density at radius 3 is 2.25 bits per heavy atom. The molecule has 1 unspecified atom stereocenters. The molecule has 4 heteroatoms. The van der Waals surface area contributed by atoms with E-state index < -0.39 is 5.54 Å². The van der Waals surface area contributed by atoms with Crippen LogP contribution in [0.3, 0.4) is 0 Å². The quantitative estimate of drug-likeness (QED) is 0.584. The molecule has 4 nitrogen and oxygen atoms in total. The summed E-state index contributed by atoms with van der Waals surface area (Å²) in [5.74, 6) is 0.00574.